The highest BCUT2D eigenvalue weighted by Crippen LogP contribution is 2.26. The molecule has 1 aromatic heterocycles. The fraction of sp³-hybridized carbons (Fsp3) is 0.333. The number of benzene rings is 1. The highest BCUT2D eigenvalue weighted by atomic mass is 79.9. The van der Waals surface area contributed by atoms with Crippen molar-refractivity contribution in [1.82, 2.24) is 20.3 Å². The molecule has 1 N–H and O–H groups in total. The summed E-state index contributed by atoms with van der Waals surface area (Å²) in [6, 6.07) is 6.40. The lowest BCUT2D eigenvalue weighted by Gasteiger charge is -2.18. The molecule has 0 radical (unpaired) electrons. The van der Waals surface area contributed by atoms with Crippen LogP contribution in [0.4, 0.5) is 4.39 Å². The third-order valence-corrected chi connectivity index (χ3v) is 3.26. The number of aryl methyl sites for hydroxylation is 1. The largest absolute Gasteiger partial charge is 0.305 e. The zero-order chi connectivity index (χ0) is 13.1. The zero-order valence-corrected chi connectivity index (χ0v) is 11.8. The molecule has 2 aromatic rings. The quantitative estimate of drug-likeness (QED) is 0.943. The highest BCUT2D eigenvalue weighted by Gasteiger charge is 2.21. The number of nitrogens with one attached hydrogen (secondary N) is 1. The molecule has 1 aromatic carbocycles. The van der Waals surface area contributed by atoms with E-state index in [1.54, 1.807) is 10.7 Å². The first kappa shape index (κ1) is 13.2. The van der Waals surface area contributed by atoms with Gasteiger partial charge in [-0.25, -0.2) is 9.07 Å². The van der Waals surface area contributed by atoms with E-state index in [1.807, 2.05) is 20.0 Å². The molecule has 1 heterocycles. The summed E-state index contributed by atoms with van der Waals surface area (Å²) in [5.41, 5.74) is 1.73. The minimum atomic E-state index is -0.248. The van der Waals surface area contributed by atoms with Crippen molar-refractivity contribution in [3.8, 4) is 0 Å². The van der Waals surface area contributed by atoms with Crippen LogP contribution in [0.2, 0.25) is 0 Å². The molecule has 18 heavy (non-hydrogen) atoms. The zero-order valence-electron chi connectivity index (χ0n) is 10.2. The second-order valence-corrected chi connectivity index (χ2v) is 4.69. The summed E-state index contributed by atoms with van der Waals surface area (Å²) in [4.78, 5) is 0. The predicted molar refractivity (Wildman–Crippen MR) is 70.6 cm³/mol. The molecule has 0 aliphatic rings. The number of hydrogen-bond donors (Lipinski definition) is 1. The van der Waals surface area contributed by atoms with Gasteiger partial charge in [0.1, 0.15) is 5.82 Å². The van der Waals surface area contributed by atoms with E-state index in [0.717, 1.165) is 17.8 Å². The van der Waals surface area contributed by atoms with E-state index < -0.39 is 0 Å². The summed E-state index contributed by atoms with van der Waals surface area (Å²) in [6.07, 6.45) is 0. The molecule has 6 heteroatoms. The molecule has 0 saturated carbocycles. The van der Waals surface area contributed by atoms with Crippen LogP contribution in [0.15, 0.2) is 28.9 Å². The van der Waals surface area contributed by atoms with Crippen molar-refractivity contribution in [2.24, 2.45) is 7.05 Å². The van der Waals surface area contributed by atoms with Crippen LogP contribution >= 0.6 is 15.9 Å². The first-order chi connectivity index (χ1) is 8.63. The maximum absolute atomic E-state index is 13.3. The van der Waals surface area contributed by atoms with Crippen molar-refractivity contribution in [3.05, 3.63) is 45.9 Å². The van der Waals surface area contributed by atoms with Crippen LogP contribution in [0.5, 0.6) is 0 Å². The first-order valence-electron chi connectivity index (χ1n) is 5.67. The first-order valence-corrected chi connectivity index (χ1v) is 6.46. The average Bonchev–Trinajstić information content (AvgIpc) is 2.67. The van der Waals surface area contributed by atoms with Gasteiger partial charge >= 0.3 is 0 Å². The minimum absolute atomic E-state index is 0.139. The Morgan fingerprint density at radius 2 is 2.28 bits per heavy atom. The van der Waals surface area contributed by atoms with E-state index in [2.05, 4.69) is 31.6 Å². The molecule has 2 rings (SSSR count). The second-order valence-electron chi connectivity index (χ2n) is 3.93. The third-order valence-electron chi connectivity index (χ3n) is 2.69. The Balaban J connectivity index is 2.46. The summed E-state index contributed by atoms with van der Waals surface area (Å²) < 4.78 is 15.7. The van der Waals surface area contributed by atoms with Crippen LogP contribution in [-0.2, 0) is 7.05 Å². The van der Waals surface area contributed by atoms with Crippen molar-refractivity contribution in [3.63, 3.8) is 0 Å². The van der Waals surface area contributed by atoms with Gasteiger partial charge in [0.2, 0.25) is 0 Å². The fourth-order valence-electron chi connectivity index (χ4n) is 1.91. The molecule has 0 bridgehead atoms. The van der Waals surface area contributed by atoms with Gasteiger partial charge in [0, 0.05) is 7.05 Å². The number of halogens is 2. The lowest BCUT2D eigenvalue weighted by atomic mass is 10.0. The summed E-state index contributed by atoms with van der Waals surface area (Å²) in [7, 11) is 1.82. The number of hydrogen-bond acceptors (Lipinski definition) is 3. The Labute approximate surface area is 113 Å². The smallest absolute Gasteiger partial charge is 0.153 e. The summed E-state index contributed by atoms with van der Waals surface area (Å²) in [5, 5.41) is 11.2. The van der Waals surface area contributed by atoms with E-state index in [1.165, 1.54) is 12.1 Å². The minimum Gasteiger partial charge on any atom is -0.305 e. The Morgan fingerprint density at radius 1 is 1.50 bits per heavy atom. The van der Waals surface area contributed by atoms with Crippen molar-refractivity contribution in [2.75, 3.05) is 6.54 Å². The molecule has 0 aliphatic heterocycles. The lowest BCUT2D eigenvalue weighted by molar-refractivity contribution is 0.560. The van der Waals surface area contributed by atoms with Gasteiger partial charge in [-0.15, -0.1) is 5.10 Å². The highest BCUT2D eigenvalue weighted by molar-refractivity contribution is 9.10. The van der Waals surface area contributed by atoms with Gasteiger partial charge in [-0.3, -0.25) is 0 Å². The van der Waals surface area contributed by atoms with Gasteiger partial charge in [-0.2, -0.15) is 0 Å². The maximum Gasteiger partial charge on any atom is 0.153 e. The van der Waals surface area contributed by atoms with Crippen LogP contribution in [0.1, 0.15) is 24.2 Å². The molecule has 96 valence electrons. The van der Waals surface area contributed by atoms with E-state index in [0.29, 0.717) is 4.60 Å². The topological polar surface area (TPSA) is 42.7 Å². The van der Waals surface area contributed by atoms with Crippen molar-refractivity contribution in [1.29, 1.82) is 0 Å². The molecule has 0 spiro atoms. The van der Waals surface area contributed by atoms with Gasteiger partial charge in [0.05, 0.1) is 11.7 Å². The molecule has 0 saturated heterocycles. The maximum atomic E-state index is 13.3. The van der Waals surface area contributed by atoms with Gasteiger partial charge in [-0.1, -0.05) is 24.3 Å². The second kappa shape index (κ2) is 5.58. The molecule has 1 atom stereocenters. The SMILES string of the molecule is CCNC(c1cccc(F)c1)c1c(Br)nnn1C. The van der Waals surface area contributed by atoms with Crippen LogP contribution in [-0.4, -0.2) is 21.5 Å². The lowest BCUT2D eigenvalue weighted by Crippen LogP contribution is -2.24. The van der Waals surface area contributed by atoms with E-state index >= 15 is 0 Å². The molecular weight excluding hydrogens is 299 g/mol. The molecular formula is C12H14BrFN4. The Hall–Kier alpha value is -1.27. The number of aromatic nitrogens is 3. The molecule has 0 aliphatic carbocycles. The van der Waals surface area contributed by atoms with Crippen LogP contribution < -0.4 is 5.32 Å². The standard InChI is InChI=1S/C12H14BrFN4/c1-3-15-10(8-5-4-6-9(14)7-8)11-12(13)16-17-18(11)2/h4-7,10,15H,3H2,1-2H3. The van der Waals surface area contributed by atoms with Crippen LogP contribution in [0.3, 0.4) is 0 Å². The van der Waals surface area contributed by atoms with E-state index in [-0.39, 0.29) is 11.9 Å². The summed E-state index contributed by atoms with van der Waals surface area (Å²) in [5.74, 6) is -0.248. The van der Waals surface area contributed by atoms with E-state index in [9.17, 15) is 4.39 Å². The molecule has 0 amide bonds. The van der Waals surface area contributed by atoms with Crippen LogP contribution in [0.25, 0.3) is 0 Å². The van der Waals surface area contributed by atoms with Crippen molar-refractivity contribution >= 4 is 15.9 Å². The number of rotatable bonds is 4. The monoisotopic (exact) mass is 312 g/mol. The predicted octanol–water partition coefficient (Wildman–Crippen LogP) is 2.42. The Morgan fingerprint density at radius 3 is 2.83 bits per heavy atom. The third kappa shape index (κ3) is 2.59. The molecule has 1 unspecified atom stereocenters. The van der Waals surface area contributed by atoms with Crippen molar-refractivity contribution in [2.45, 2.75) is 13.0 Å². The van der Waals surface area contributed by atoms with Crippen LogP contribution in [0, 0.1) is 5.82 Å². The molecule has 4 nitrogen and oxygen atoms in total. The van der Waals surface area contributed by atoms with Gasteiger partial charge in [0.25, 0.3) is 0 Å². The Kier molecular flexibility index (Phi) is 4.08. The number of nitrogens with zero attached hydrogens (tertiary/aromatic N) is 3. The normalized spacial score (nSPS) is 12.7. The Bertz CT molecular complexity index is 521. The summed E-state index contributed by atoms with van der Waals surface area (Å²) in [6.45, 7) is 2.77. The summed E-state index contributed by atoms with van der Waals surface area (Å²) >= 11 is 3.38. The fourth-order valence-corrected chi connectivity index (χ4v) is 2.46. The van der Waals surface area contributed by atoms with Gasteiger partial charge in [-0.05, 0) is 40.2 Å². The van der Waals surface area contributed by atoms with Gasteiger partial charge in [0.15, 0.2) is 4.60 Å². The van der Waals surface area contributed by atoms with Crippen molar-refractivity contribution < 1.29 is 4.39 Å². The van der Waals surface area contributed by atoms with Gasteiger partial charge < -0.3 is 5.32 Å². The molecule has 0 fully saturated rings. The average molecular weight is 313 g/mol. The van der Waals surface area contributed by atoms with E-state index in [4.69, 9.17) is 0 Å².